The number of amides is 3. The zero-order chi connectivity index (χ0) is 29.4. The molecule has 3 aromatic rings. The van der Waals surface area contributed by atoms with Crippen molar-refractivity contribution in [3.8, 4) is 24.0 Å². The third-order valence-electron chi connectivity index (χ3n) is 5.86. The average molecular weight is 544 g/mol. The highest BCUT2D eigenvalue weighted by Crippen LogP contribution is 2.27. The van der Waals surface area contributed by atoms with Gasteiger partial charge < -0.3 is 25.6 Å². The maximum absolute atomic E-state index is 14.0. The molecular weight excluding hydrogens is 510 g/mol. The number of aromatic hydroxyl groups is 2. The summed E-state index contributed by atoms with van der Waals surface area (Å²) in [6, 6.07) is 18.8. The third kappa shape index (κ3) is 8.01. The molecule has 3 aromatic carbocycles. The van der Waals surface area contributed by atoms with Gasteiger partial charge >= 0.3 is 6.09 Å². The molecule has 40 heavy (non-hydrogen) atoms. The minimum Gasteiger partial charge on any atom is -0.508 e. The number of phenols is 2. The molecule has 3 rings (SSSR count). The van der Waals surface area contributed by atoms with E-state index in [1.807, 2.05) is 19.1 Å². The van der Waals surface area contributed by atoms with E-state index in [0.717, 1.165) is 10.5 Å². The van der Waals surface area contributed by atoms with Gasteiger partial charge in [-0.25, -0.2) is 4.79 Å². The molecule has 0 aliphatic carbocycles. The van der Waals surface area contributed by atoms with E-state index < -0.39 is 35.6 Å². The van der Waals surface area contributed by atoms with Crippen LogP contribution in [-0.2, 0) is 20.7 Å². The first-order valence-corrected chi connectivity index (χ1v) is 12.6. The molecule has 2 unspecified atom stereocenters. The first kappa shape index (κ1) is 29.6. The Kier molecular flexibility index (Phi) is 9.41. The number of nitrogens with zero attached hydrogens (tertiary/aromatic N) is 1. The average Bonchev–Trinajstić information content (AvgIpc) is 2.88. The Morgan fingerprint density at radius 1 is 0.950 bits per heavy atom. The highest BCUT2D eigenvalue weighted by atomic mass is 16.6. The zero-order valence-corrected chi connectivity index (χ0v) is 22.8. The summed E-state index contributed by atoms with van der Waals surface area (Å²) in [4.78, 5) is 41.3. The summed E-state index contributed by atoms with van der Waals surface area (Å²) in [6.45, 7) is 6.89. The van der Waals surface area contributed by atoms with E-state index in [9.17, 15) is 24.6 Å². The Balaban J connectivity index is 2.01. The summed E-state index contributed by atoms with van der Waals surface area (Å²) in [7, 11) is 0. The quantitative estimate of drug-likeness (QED) is 0.242. The van der Waals surface area contributed by atoms with E-state index in [0.29, 0.717) is 16.8 Å². The summed E-state index contributed by atoms with van der Waals surface area (Å²) in [5, 5.41) is 24.9. The van der Waals surface area contributed by atoms with Crippen LogP contribution in [0.25, 0.3) is 0 Å². The number of aryl methyl sites for hydroxylation is 1. The second-order valence-electron chi connectivity index (χ2n) is 10.2. The van der Waals surface area contributed by atoms with E-state index in [4.69, 9.17) is 11.2 Å². The van der Waals surface area contributed by atoms with Crippen molar-refractivity contribution in [3.63, 3.8) is 0 Å². The molecule has 9 nitrogen and oxygen atoms in total. The molecular formula is C31H33N3O6. The lowest BCUT2D eigenvalue weighted by Gasteiger charge is -2.30. The van der Waals surface area contributed by atoms with Gasteiger partial charge in [0.2, 0.25) is 0 Å². The van der Waals surface area contributed by atoms with E-state index in [-0.39, 0.29) is 17.9 Å². The van der Waals surface area contributed by atoms with Gasteiger partial charge in [-0.15, -0.1) is 0 Å². The second-order valence-corrected chi connectivity index (χ2v) is 10.2. The maximum Gasteiger partial charge on any atom is 0.408 e. The Labute approximate surface area is 233 Å². The van der Waals surface area contributed by atoms with Gasteiger partial charge in [0.05, 0.1) is 0 Å². The lowest BCUT2D eigenvalue weighted by molar-refractivity contribution is -0.136. The molecule has 0 bridgehead atoms. The molecule has 2 atom stereocenters. The molecule has 0 radical (unpaired) electrons. The van der Waals surface area contributed by atoms with Crippen LogP contribution in [0.1, 0.15) is 43.5 Å². The van der Waals surface area contributed by atoms with Gasteiger partial charge in [-0.05, 0) is 74.7 Å². The number of nitrogens with one attached hydrogen (secondary N) is 2. The summed E-state index contributed by atoms with van der Waals surface area (Å²) >= 11 is 0. The van der Waals surface area contributed by atoms with Gasteiger partial charge in [0.25, 0.3) is 11.8 Å². The monoisotopic (exact) mass is 543 g/mol. The largest absolute Gasteiger partial charge is 0.508 e. The number of phenolic OH excluding ortho intramolecular Hbond substituents is 2. The third-order valence-corrected chi connectivity index (χ3v) is 5.86. The van der Waals surface area contributed by atoms with Crippen LogP contribution in [0, 0.1) is 19.4 Å². The van der Waals surface area contributed by atoms with Gasteiger partial charge in [-0.2, -0.15) is 0 Å². The molecule has 0 saturated heterocycles. The summed E-state index contributed by atoms with van der Waals surface area (Å²) in [5.74, 6) is -1.32. The fourth-order valence-corrected chi connectivity index (χ4v) is 3.94. The van der Waals surface area contributed by atoms with Crippen LogP contribution >= 0.6 is 0 Å². The number of hydrogen-bond acceptors (Lipinski definition) is 6. The molecule has 0 aromatic heterocycles. The number of alkyl carbamates (subject to hydrolysis) is 1. The number of benzene rings is 3. The van der Waals surface area contributed by atoms with Crippen molar-refractivity contribution in [1.82, 2.24) is 10.2 Å². The van der Waals surface area contributed by atoms with Crippen molar-refractivity contribution < 1.29 is 29.3 Å². The van der Waals surface area contributed by atoms with Gasteiger partial charge in [-0.1, -0.05) is 48.9 Å². The van der Waals surface area contributed by atoms with Crippen molar-refractivity contribution in [1.29, 1.82) is 0 Å². The number of terminal acetylenes is 1. The van der Waals surface area contributed by atoms with Crippen molar-refractivity contribution >= 4 is 23.6 Å². The van der Waals surface area contributed by atoms with Crippen molar-refractivity contribution in [2.24, 2.45) is 0 Å². The van der Waals surface area contributed by atoms with E-state index in [1.54, 1.807) is 45.0 Å². The molecule has 4 N–H and O–H groups in total. The molecule has 208 valence electrons. The van der Waals surface area contributed by atoms with Gasteiger partial charge in [0.1, 0.15) is 29.2 Å². The van der Waals surface area contributed by atoms with E-state index >= 15 is 0 Å². The molecule has 0 fully saturated rings. The predicted octanol–water partition coefficient (Wildman–Crippen LogP) is 4.64. The van der Waals surface area contributed by atoms with E-state index in [1.165, 1.54) is 36.4 Å². The first-order chi connectivity index (χ1) is 18.9. The summed E-state index contributed by atoms with van der Waals surface area (Å²) in [5.41, 5.74) is 1.47. The number of rotatable bonds is 8. The van der Waals surface area contributed by atoms with Crippen LogP contribution in [0.4, 0.5) is 10.5 Å². The fraction of sp³-hybridized carbons (Fsp3) is 0.258. The molecule has 0 spiro atoms. The topological polar surface area (TPSA) is 128 Å². The van der Waals surface area contributed by atoms with Crippen LogP contribution in [0.2, 0.25) is 0 Å². The number of hydrogen-bond donors (Lipinski definition) is 4. The standard InChI is InChI=1S/C31H33N3O6/c1-6-34(27(22-13-17-24(36)18-14-22)28(37)32-25-10-8-7-9-20(25)2)29(38)26(33-30(39)40-31(3,4)5)19-21-11-15-23(35)16-12-21/h1,7-18,26-27,35-36H,19H2,2-5H3,(H,32,37)(H,33,39). The summed E-state index contributed by atoms with van der Waals surface area (Å²) in [6.07, 6.45) is 4.99. The lowest BCUT2D eigenvalue weighted by Crippen LogP contribution is -2.51. The highest BCUT2D eigenvalue weighted by molar-refractivity contribution is 6.00. The van der Waals surface area contributed by atoms with Crippen LogP contribution in [0.15, 0.2) is 72.8 Å². The second kappa shape index (κ2) is 12.7. The number of ether oxygens (including phenoxy) is 1. The Morgan fingerprint density at radius 3 is 2.08 bits per heavy atom. The van der Waals surface area contributed by atoms with Crippen molar-refractivity contribution in [2.75, 3.05) is 5.32 Å². The minimum atomic E-state index is -1.31. The fourth-order valence-electron chi connectivity index (χ4n) is 3.94. The summed E-state index contributed by atoms with van der Waals surface area (Å²) < 4.78 is 5.37. The predicted molar refractivity (Wildman–Crippen MR) is 151 cm³/mol. The number of anilines is 1. The SMILES string of the molecule is C#CN(C(=O)C(Cc1ccc(O)cc1)NC(=O)OC(C)(C)C)C(C(=O)Nc1ccccc1C)c1ccc(O)cc1. The van der Waals surface area contributed by atoms with Crippen LogP contribution in [0.3, 0.4) is 0 Å². The van der Waals surface area contributed by atoms with Crippen LogP contribution in [0.5, 0.6) is 11.5 Å². The Hall–Kier alpha value is -4.97. The van der Waals surface area contributed by atoms with Crippen LogP contribution in [-0.4, -0.2) is 44.7 Å². The molecule has 0 heterocycles. The Morgan fingerprint density at radius 2 is 1.52 bits per heavy atom. The van der Waals surface area contributed by atoms with Gasteiger partial charge in [-0.3, -0.25) is 14.5 Å². The smallest absolute Gasteiger partial charge is 0.408 e. The number of carbonyl (C=O) groups excluding carboxylic acids is 3. The molecule has 3 amide bonds. The highest BCUT2D eigenvalue weighted by Gasteiger charge is 2.36. The van der Waals surface area contributed by atoms with Crippen molar-refractivity contribution in [3.05, 3.63) is 89.5 Å². The normalized spacial score (nSPS) is 12.4. The zero-order valence-electron chi connectivity index (χ0n) is 22.8. The number of para-hydroxylation sites is 1. The van der Waals surface area contributed by atoms with Gasteiger partial charge in [0, 0.05) is 18.2 Å². The van der Waals surface area contributed by atoms with Crippen molar-refractivity contribution in [2.45, 2.75) is 51.8 Å². The molecule has 0 aliphatic heterocycles. The van der Waals surface area contributed by atoms with Gasteiger partial charge in [0.15, 0.2) is 0 Å². The Bertz CT molecular complexity index is 1390. The number of carbonyl (C=O) groups is 3. The minimum absolute atomic E-state index is 0.00174. The first-order valence-electron chi connectivity index (χ1n) is 12.6. The maximum atomic E-state index is 14.0. The van der Waals surface area contributed by atoms with E-state index in [2.05, 4.69) is 16.7 Å². The van der Waals surface area contributed by atoms with Crippen LogP contribution < -0.4 is 10.6 Å². The molecule has 9 heteroatoms. The molecule has 0 saturated carbocycles. The lowest BCUT2D eigenvalue weighted by atomic mass is 10.0. The molecule has 0 aliphatic rings.